The molecule has 1 aromatic carbocycles. The van der Waals surface area contributed by atoms with Crippen LogP contribution in [-0.2, 0) is 16.6 Å². The zero-order valence-electron chi connectivity index (χ0n) is 14.2. The lowest BCUT2D eigenvalue weighted by atomic mass is 10.1. The summed E-state index contributed by atoms with van der Waals surface area (Å²) in [6.45, 7) is 2.87. The molecule has 0 unspecified atom stereocenters. The van der Waals surface area contributed by atoms with Crippen molar-refractivity contribution in [3.8, 4) is 0 Å². The SMILES string of the molecule is CC(=O)c1cc(C(=O)OCC(=O)N[C@H](C)c2ccccc2Br)n(C)c1. The topological polar surface area (TPSA) is 77.4 Å². The van der Waals surface area contributed by atoms with Crippen molar-refractivity contribution in [2.45, 2.75) is 19.9 Å². The summed E-state index contributed by atoms with van der Waals surface area (Å²) in [5.41, 5.74) is 1.56. The van der Waals surface area contributed by atoms with Crippen LogP contribution in [0.15, 0.2) is 41.0 Å². The highest BCUT2D eigenvalue weighted by atomic mass is 79.9. The first kappa shape index (κ1) is 18.9. The fourth-order valence-electron chi connectivity index (χ4n) is 2.35. The van der Waals surface area contributed by atoms with Crippen LogP contribution in [-0.4, -0.2) is 28.8 Å². The van der Waals surface area contributed by atoms with E-state index in [1.807, 2.05) is 31.2 Å². The van der Waals surface area contributed by atoms with Crippen molar-refractivity contribution >= 4 is 33.6 Å². The molecule has 0 saturated heterocycles. The van der Waals surface area contributed by atoms with Crippen molar-refractivity contribution in [1.82, 2.24) is 9.88 Å². The van der Waals surface area contributed by atoms with Gasteiger partial charge in [0.25, 0.3) is 5.91 Å². The second-order valence-corrected chi connectivity index (χ2v) is 6.52. The van der Waals surface area contributed by atoms with Gasteiger partial charge >= 0.3 is 5.97 Å². The van der Waals surface area contributed by atoms with Gasteiger partial charge in [-0.3, -0.25) is 9.59 Å². The first-order valence-corrected chi connectivity index (χ1v) is 8.47. The summed E-state index contributed by atoms with van der Waals surface area (Å²) >= 11 is 3.43. The molecule has 1 atom stereocenters. The summed E-state index contributed by atoms with van der Waals surface area (Å²) in [5, 5.41) is 2.77. The molecule has 25 heavy (non-hydrogen) atoms. The number of hydrogen-bond donors (Lipinski definition) is 1. The lowest BCUT2D eigenvalue weighted by molar-refractivity contribution is -0.124. The van der Waals surface area contributed by atoms with E-state index in [9.17, 15) is 14.4 Å². The van der Waals surface area contributed by atoms with Crippen LogP contribution in [0.25, 0.3) is 0 Å². The summed E-state index contributed by atoms with van der Waals surface area (Å²) in [6.07, 6.45) is 1.55. The Kier molecular flexibility index (Phi) is 6.14. The van der Waals surface area contributed by atoms with Crippen LogP contribution < -0.4 is 5.32 Å². The average Bonchev–Trinajstić information content (AvgIpc) is 2.95. The number of carbonyl (C=O) groups is 3. The number of halogens is 1. The van der Waals surface area contributed by atoms with Crippen LogP contribution in [0.5, 0.6) is 0 Å². The Labute approximate surface area is 154 Å². The molecule has 1 N–H and O–H groups in total. The number of aromatic nitrogens is 1. The van der Waals surface area contributed by atoms with Crippen LogP contribution in [0.3, 0.4) is 0 Å². The van der Waals surface area contributed by atoms with Crippen molar-refractivity contribution < 1.29 is 19.1 Å². The normalized spacial score (nSPS) is 11.7. The number of ketones is 1. The number of hydrogen-bond acceptors (Lipinski definition) is 4. The van der Waals surface area contributed by atoms with Crippen molar-refractivity contribution in [2.75, 3.05) is 6.61 Å². The number of aryl methyl sites for hydroxylation is 1. The van der Waals surface area contributed by atoms with Crippen LogP contribution in [0.1, 0.15) is 46.3 Å². The summed E-state index contributed by atoms with van der Waals surface area (Å²) in [5.74, 6) is -1.20. The molecule has 1 aromatic heterocycles. The Morgan fingerprint density at radius 3 is 2.56 bits per heavy atom. The van der Waals surface area contributed by atoms with E-state index in [1.165, 1.54) is 17.6 Å². The molecule has 0 radical (unpaired) electrons. The van der Waals surface area contributed by atoms with Crippen LogP contribution >= 0.6 is 15.9 Å². The van der Waals surface area contributed by atoms with E-state index in [0.717, 1.165) is 10.0 Å². The van der Waals surface area contributed by atoms with Gasteiger partial charge in [-0.25, -0.2) is 4.79 Å². The average molecular weight is 407 g/mol. The van der Waals surface area contributed by atoms with Gasteiger partial charge in [-0.1, -0.05) is 34.1 Å². The number of Topliss-reactive ketones (excluding diaryl/α,β-unsaturated/α-hetero) is 1. The first-order chi connectivity index (χ1) is 11.8. The molecule has 2 aromatic rings. The monoisotopic (exact) mass is 406 g/mol. The lowest BCUT2D eigenvalue weighted by Crippen LogP contribution is -2.31. The summed E-state index contributed by atoms with van der Waals surface area (Å²) in [6, 6.07) is 8.77. The molecular formula is C18H19BrN2O4. The maximum atomic E-state index is 12.1. The van der Waals surface area contributed by atoms with E-state index < -0.39 is 18.5 Å². The maximum absolute atomic E-state index is 12.1. The first-order valence-electron chi connectivity index (χ1n) is 7.67. The van der Waals surface area contributed by atoms with E-state index in [-0.39, 0.29) is 17.5 Å². The molecule has 1 amide bonds. The largest absolute Gasteiger partial charge is 0.451 e. The molecule has 0 aliphatic rings. The number of amides is 1. The minimum absolute atomic E-state index is 0.144. The Morgan fingerprint density at radius 2 is 1.96 bits per heavy atom. The minimum Gasteiger partial charge on any atom is -0.451 e. The van der Waals surface area contributed by atoms with E-state index >= 15 is 0 Å². The quantitative estimate of drug-likeness (QED) is 0.590. The molecule has 0 aliphatic heterocycles. The molecule has 132 valence electrons. The van der Waals surface area contributed by atoms with Gasteiger partial charge in [0.2, 0.25) is 0 Å². The Balaban J connectivity index is 1.92. The molecule has 7 heteroatoms. The Hall–Kier alpha value is -2.41. The van der Waals surface area contributed by atoms with Gasteiger partial charge in [0.05, 0.1) is 6.04 Å². The highest BCUT2D eigenvalue weighted by Gasteiger charge is 2.18. The van der Waals surface area contributed by atoms with Crippen molar-refractivity contribution in [3.05, 3.63) is 57.8 Å². The van der Waals surface area contributed by atoms with Gasteiger partial charge < -0.3 is 14.6 Å². The number of ether oxygens (including phenoxy) is 1. The molecule has 0 spiro atoms. The number of benzene rings is 1. The highest BCUT2D eigenvalue weighted by Crippen LogP contribution is 2.22. The molecule has 2 rings (SSSR count). The van der Waals surface area contributed by atoms with Crippen molar-refractivity contribution in [2.24, 2.45) is 7.05 Å². The van der Waals surface area contributed by atoms with Crippen LogP contribution in [0.2, 0.25) is 0 Å². The number of nitrogens with zero attached hydrogens (tertiary/aromatic N) is 1. The molecule has 0 aliphatic carbocycles. The van der Waals surface area contributed by atoms with Gasteiger partial charge in [-0.05, 0) is 31.5 Å². The van der Waals surface area contributed by atoms with Crippen molar-refractivity contribution in [3.63, 3.8) is 0 Å². The number of esters is 1. The predicted molar refractivity (Wildman–Crippen MR) is 96.4 cm³/mol. The van der Waals surface area contributed by atoms with Gasteiger partial charge in [0.1, 0.15) is 5.69 Å². The predicted octanol–water partition coefficient (Wildman–Crippen LogP) is 3.02. The molecule has 0 fully saturated rings. The summed E-state index contributed by atoms with van der Waals surface area (Å²) in [7, 11) is 1.64. The smallest absolute Gasteiger partial charge is 0.355 e. The third-order valence-electron chi connectivity index (χ3n) is 3.70. The van der Waals surface area contributed by atoms with E-state index in [4.69, 9.17) is 4.74 Å². The fourth-order valence-corrected chi connectivity index (χ4v) is 2.98. The number of nitrogens with one attached hydrogen (secondary N) is 1. The summed E-state index contributed by atoms with van der Waals surface area (Å²) in [4.78, 5) is 35.4. The number of rotatable bonds is 6. The molecular weight excluding hydrogens is 388 g/mol. The van der Waals surface area contributed by atoms with Crippen molar-refractivity contribution in [1.29, 1.82) is 0 Å². The molecule has 1 heterocycles. The maximum Gasteiger partial charge on any atom is 0.355 e. The third-order valence-corrected chi connectivity index (χ3v) is 4.43. The molecule has 0 bridgehead atoms. The highest BCUT2D eigenvalue weighted by molar-refractivity contribution is 9.10. The van der Waals surface area contributed by atoms with E-state index in [0.29, 0.717) is 5.56 Å². The third kappa shape index (κ3) is 4.79. The minimum atomic E-state index is -0.654. The van der Waals surface area contributed by atoms with Gasteiger partial charge in [-0.15, -0.1) is 0 Å². The number of carbonyl (C=O) groups excluding carboxylic acids is 3. The molecule has 0 saturated carbocycles. The second kappa shape index (κ2) is 8.11. The molecule has 6 nitrogen and oxygen atoms in total. The van der Waals surface area contributed by atoms with Crippen LogP contribution in [0, 0.1) is 0 Å². The van der Waals surface area contributed by atoms with Crippen LogP contribution in [0.4, 0.5) is 0 Å². The zero-order valence-corrected chi connectivity index (χ0v) is 15.8. The Bertz CT molecular complexity index is 813. The van der Waals surface area contributed by atoms with Gasteiger partial charge in [0, 0.05) is 23.3 Å². The summed E-state index contributed by atoms with van der Waals surface area (Å²) < 4.78 is 7.43. The van der Waals surface area contributed by atoms with E-state index in [2.05, 4.69) is 21.2 Å². The van der Waals surface area contributed by atoms with Gasteiger partial charge in [-0.2, -0.15) is 0 Å². The second-order valence-electron chi connectivity index (χ2n) is 5.67. The Morgan fingerprint density at radius 1 is 1.28 bits per heavy atom. The standard InChI is InChI=1S/C18H19BrN2O4/c1-11(14-6-4-5-7-15(14)19)20-17(23)10-25-18(24)16-8-13(12(2)22)9-21(16)3/h4-9,11H,10H2,1-3H3,(H,20,23)/t11-/m1/s1. The van der Waals surface area contributed by atoms with Gasteiger partial charge in [0.15, 0.2) is 12.4 Å². The zero-order chi connectivity index (χ0) is 18.6. The van der Waals surface area contributed by atoms with E-state index in [1.54, 1.807) is 13.2 Å². The lowest BCUT2D eigenvalue weighted by Gasteiger charge is -2.15. The fraction of sp³-hybridized carbons (Fsp3) is 0.278.